The highest BCUT2D eigenvalue weighted by molar-refractivity contribution is 7.92. The fourth-order valence-electron chi connectivity index (χ4n) is 2.69. The number of rotatable bonds is 7. The van der Waals surface area contributed by atoms with Crippen molar-refractivity contribution in [1.29, 1.82) is 5.26 Å². The van der Waals surface area contributed by atoms with Gasteiger partial charge in [-0.1, -0.05) is 17.7 Å². The van der Waals surface area contributed by atoms with Gasteiger partial charge in [-0.15, -0.1) is 0 Å². The molecule has 0 radical (unpaired) electrons. The first-order valence-corrected chi connectivity index (χ1v) is 10.9. The van der Waals surface area contributed by atoms with Crippen LogP contribution in [0, 0.1) is 18.3 Å². The molecule has 9 heteroatoms. The second-order valence-corrected chi connectivity index (χ2v) is 8.69. The van der Waals surface area contributed by atoms with Gasteiger partial charge in [0.1, 0.15) is 5.75 Å². The molecule has 0 atom stereocenters. The molecule has 3 rings (SSSR count). The van der Waals surface area contributed by atoms with Crippen molar-refractivity contribution in [2.24, 2.45) is 0 Å². The number of benzene rings is 3. The van der Waals surface area contributed by atoms with Crippen molar-refractivity contribution >= 4 is 38.9 Å². The van der Waals surface area contributed by atoms with Crippen molar-refractivity contribution in [3.8, 4) is 11.8 Å². The first-order valence-electron chi connectivity index (χ1n) is 9.09. The Kier molecular flexibility index (Phi) is 6.80. The topological polar surface area (TPSA) is 108 Å². The first-order chi connectivity index (χ1) is 14.8. The molecule has 0 aliphatic carbocycles. The van der Waals surface area contributed by atoms with E-state index in [2.05, 4.69) is 10.0 Å². The van der Waals surface area contributed by atoms with Crippen LogP contribution in [0.5, 0.6) is 5.75 Å². The largest absolute Gasteiger partial charge is 0.483 e. The van der Waals surface area contributed by atoms with Gasteiger partial charge in [-0.2, -0.15) is 5.26 Å². The molecule has 158 valence electrons. The van der Waals surface area contributed by atoms with Crippen LogP contribution in [0.2, 0.25) is 5.02 Å². The lowest BCUT2D eigenvalue weighted by atomic mass is 10.2. The number of halogens is 1. The molecule has 0 saturated carbocycles. The molecule has 0 bridgehead atoms. The van der Waals surface area contributed by atoms with Gasteiger partial charge in [-0.25, -0.2) is 8.42 Å². The second-order valence-electron chi connectivity index (χ2n) is 6.57. The minimum atomic E-state index is -3.80. The minimum Gasteiger partial charge on any atom is -0.483 e. The van der Waals surface area contributed by atoms with E-state index in [0.29, 0.717) is 33.3 Å². The lowest BCUT2D eigenvalue weighted by Gasteiger charge is -2.12. The number of sulfonamides is 1. The van der Waals surface area contributed by atoms with Crippen LogP contribution in [0.3, 0.4) is 0 Å². The Hall–Kier alpha value is -3.54. The average Bonchev–Trinajstić information content (AvgIpc) is 2.74. The number of nitrogens with zero attached hydrogens (tertiary/aromatic N) is 1. The highest BCUT2D eigenvalue weighted by Gasteiger charge is 2.16. The zero-order valence-corrected chi connectivity index (χ0v) is 18.0. The zero-order valence-electron chi connectivity index (χ0n) is 16.4. The quantitative estimate of drug-likeness (QED) is 0.551. The number of nitriles is 1. The van der Waals surface area contributed by atoms with Gasteiger partial charge < -0.3 is 10.1 Å². The standard InChI is InChI=1S/C22H18ClN3O4S/c1-15-11-20(31(28,29)26-18-7-5-17(23)6-8-18)9-10-21(15)30-14-22(27)25-19-4-2-3-16(12-19)13-24/h2-12,26H,14H2,1H3,(H,25,27). The van der Waals surface area contributed by atoms with Crippen molar-refractivity contribution in [3.05, 3.63) is 82.9 Å². The van der Waals surface area contributed by atoms with Gasteiger partial charge in [0.05, 0.1) is 16.5 Å². The van der Waals surface area contributed by atoms with E-state index in [9.17, 15) is 13.2 Å². The average molecular weight is 456 g/mol. The summed E-state index contributed by atoms with van der Waals surface area (Å²) < 4.78 is 33.2. The van der Waals surface area contributed by atoms with Crippen LogP contribution in [-0.4, -0.2) is 20.9 Å². The number of nitrogens with one attached hydrogen (secondary N) is 2. The number of anilines is 2. The molecule has 7 nitrogen and oxygen atoms in total. The van der Waals surface area contributed by atoms with Crippen LogP contribution in [0.25, 0.3) is 0 Å². The molecule has 0 aliphatic heterocycles. The highest BCUT2D eigenvalue weighted by atomic mass is 35.5. The van der Waals surface area contributed by atoms with E-state index in [0.717, 1.165) is 0 Å². The van der Waals surface area contributed by atoms with Crippen LogP contribution in [0.4, 0.5) is 11.4 Å². The number of hydrogen-bond donors (Lipinski definition) is 2. The Morgan fingerprint density at radius 3 is 2.48 bits per heavy atom. The summed E-state index contributed by atoms with van der Waals surface area (Å²) in [5.41, 5.74) is 1.86. The normalized spacial score (nSPS) is 10.7. The van der Waals surface area contributed by atoms with Crippen LogP contribution in [0.1, 0.15) is 11.1 Å². The third-order valence-electron chi connectivity index (χ3n) is 4.19. The molecular weight excluding hydrogens is 438 g/mol. The molecule has 1 amide bonds. The molecule has 3 aromatic carbocycles. The lowest BCUT2D eigenvalue weighted by Crippen LogP contribution is -2.20. The van der Waals surface area contributed by atoms with E-state index >= 15 is 0 Å². The lowest BCUT2D eigenvalue weighted by molar-refractivity contribution is -0.118. The predicted molar refractivity (Wildman–Crippen MR) is 119 cm³/mol. The van der Waals surface area contributed by atoms with E-state index in [1.54, 1.807) is 55.5 Å². The number of ether oxygens (including phenoxy) is 1. The number of carbonyl (C=O) groups excluding carboxylic acids is 1. The summed E-state index contributed by atoms with van der Waals surface area (Å²) in [6.45, 7) is 1.41. The molecule has 2 N–H and O–H groups in total. The molecule has 0 fully saturated rings. The Labute approximate surface area is 185 Å². The van der Waals surface area contributed by atoms with Gasteiger partial charge in [-0.3, -0.25) is 9.52 Å². The zero-order chi connectivity index (χ0) is 22.4. The molecule has 0 saturated heterocycles. The highest BCUT2D eigenvalue weighted by Crippen LogP contribution is 2.24. The third kappa shape index (κ3) is 5.98. The summed E-state index contributed by atoms with van der Waals surface area (Å²) in [4.78, 5) is 12.2. The van der Waals surface area contributed by atoms with Gasteiger partial charge >= 0.3 is 0 Å². The van der Waals surface area contributed by atoms with Crippen molar-refractivity contribution in [3.63, 3.8) is 0 Å². The van der Waals surface area contributed by atoms with E-state index in [4.69, 9.17) is 21.6 Å². The first kappa shape index (κ1) is 22.2. The number of carbonyl (C=O) groups is 1. The second kappa shape index (κ2) is 9.51. The van der Waals surface area contributed by atoms with Crippen molar-refractivity contribution in [1.82, 2.24) is 0 Å². The van der Waals surface area contributed by atoms with Gasteiger partial charge in [0, 0.05) is 16.4 Å². The van der Waals surface area contributed by atoms with Crippen molar-refractivity contribution in [2.45, 2.75) is 11.8 Å². The maximum Gasteiger partial charge on any atom is 0.262 e. The SMILES string of the molecule is Cc1cc(S(=O)(=O)Nc2ccc(Cl)cc2)ccc1OCC(=O)Nc1cccc(C#N)c1. The third-order valence-corrected chi connectivity index (χ3v) is 5.82. The summed E-state index contributed by atoms with van der Waals surface area (Å²) in [6.07, 6.45) is 0. The summed E-state index contributed by atoms with van der Waals surface area (Å²) in [7, 11) is -3.80. The van der Waals surface area contributed by atoms with Gasteiger partial charge in [0.2, 0.25) is 0 Å². The smallest absolute Gasteiger partial charge is 0.262 e. The van der Waals surface area contributed by atoms with Crippen LogP contribution < -0.4 is 14.8 Å². The fourth-order valence-corrected chi connectivity index (χ4v) is 3.96. The molecule has 3 aromatic rings. The molecule has 0 heterocycles. The molecule has 0 spiro atoms. The Morgan fingerprint density at radius 2 is 1.81 bits per heavy atom. The van der Waals surface area contributed by atoms with E-state index in [1.807, 2.05) is 6.07 Å². The molecule has 31 heavy (non-hydrogen) atoms. The summed E-state index contributed by atoms with van der Waals surface area (Å²) >= 11 is 5.82. The minimum absolute atomic E-state index is 0.0602. The number of amides is 1. The fraction of sp³-hybridized carbons (Fsp3) is 0.0909. The molecular formula is C22H18ClN3O4S. The van der Waals surface area contributed by atoms with Crippen molar-refractivity contribution < 1.29 is 17.9 Å². The Morgan fingerprint density at radius 1 is 1.06 bits per heavy atom. The molecule has 0 aromatic heterocycles. The van der Waals surface area contributed by atoms with Crippen LogP contribution >= 0.6 is 11.6 Å². The monoisotopic (exact) mass is 455 g/mol. The van der Waals surface area contributed by atoms with E-state index in [-0.39, 0.29) is 11.5 Å². The van der Waals surface area contributed by atoms with Gasteiger partial charge in [0.15, 0.2) is 6.61 Å². The molecule has 0 unspecified atom stereocenters. The van der Waals surface area contributed by atoms with Crippen LogP contribution in [-0.2, 0) is 14.8 Å². The summed E-state index contributed by atoms with van der Waals surface area (Å²) in [5.74, 6) is -0.0260. The predicted octanol–water partition coefficient (Wildman–Crippen LogP) is 4.34. The number of aryl methyl sites for hydroxylation is 1. The maximum atomic E-state index is 12.6. The summed E-state index contributed by atoms with van der Waals surface area (Å²) in [6, 6.07) is 19.2. The maximum absolute atomic E-state index is 12.6. The van der Waals surface area contributed by atoms with E-state index < -0.39 is 15.9 Å². The van der Waals surface area contributed by atoms with Crippen molar-refractivity contribution in [2.75, 3.05) is 16.6 Å². The Balaban J connectivity index is 1.64. The number of hydrogen-bond acceptors (Lipinski definition) is 5. The Bertz CT molecular complexity index is 1250. The van der Waals surface area contributed by atoms with Gasteiger partial charge in [0.25, 0.3) is 15.9 Å². The van der Waals surface area contributed by atoms with Gasteiger partial charge in [-0.05, 0) is 73.2 Å². The van der Waals surface area contributed by atoms with E-state index in [1.165, 1.54) is 18.2 Å². The summed E-state index contributed by atoms with van der Waals surface area (Å²) in [5, 5.41) is 12.1. The van der Waals surface area contributed by atoms with Crippen LogP contribution in [0.15, 0.2) is 71.6 Å². The molecule has 0 aliphatic rings.